The zero-order valence-corrected chi connectivity index (χ0v) is 19.6. The van der Waals surface area contributed by atoms with Gasteiger partial charge in [-0.3, -0.25) is 15.0 Å². The van der Waals surface area contributed by atoms with Crippen LogP contribution < -0.4 is 14.2 Å². The number of non-ortho nitro benzene ring substituents is 1. The van der Waals surface area contributed by atoms with E-state index in [1.165, 1.54) is 24.3 Å². The Hall–Kier alpha value is -4.11. The Morgan fingerprint density at radius 1 is 0.771 bits per heavy atom. The molecule has 0 N–H and O–H groups in total. The van der Waals surface area contributed by atoms with Crippen molar-refractivity contribution in [2.24, 2.45) is 0 Å². The molecule has 1 aliphatic rings. The Morgan fingerprint density at radius 2 is 1.23 bits per heavy atom. The van der Waals surface area contributed by atoms with Gasteiger partial charge in [0.2, 0.25) is 0 Å². The summed E-state index contributed by atoms with van der Waals surface area (Å²) in [5, 5.41) is 10.8. The monoisotopic (exact) mass is 477 g/mol. The molecule has 35 heavy (non-hydrogen) atoms. The Balaban J connectivity index is 1.46. The molecule has 0 aromatic heterocycles. The minimum Gasteiger partial charge on any atom is -0.497 e. The number of hydrogen-bond donors (Lipinski definition) is 0. The van der Waals surface area contributed by atoms with Crippen LogP contribution in [0.2, 0.25) is 0 Å². The number of rotatable bonds is 7. The molecule has 0 aliphatic carbocycles. The van der Waals surface area contributed by atoms with Gasteiger partial charge in [0.1, 0.15) is 17.2 Å². The normalized spacial score (nSPS) is 14.0. The molecule has 3 aromatic carbocycles. The van der Waals surface area contributed by atoms with Crippen molar-refractivity contribution in [3.8, 4) is 17.2 Å². The Kier molecular flexibility index (Phi) is 7.47. The predicted molar refractivity (Wildman–Crippen MR) is 130 cm³/mol. The number of hydrogen-bond acceptors (Lipinski definition) is 7. The van der Waals surface area contributed by atoms with Gasteiger partial charge in [-0.2, -0.15) is 0 Å². The van der Waals surface area contributed by atoms with Crippen molar-refractivity contribution in [3.63, 3.8) is 0 Å². The van der Waals surface area contributed by atoms with Crippen molar-refractivity contribution < 1.29 is 23.9 Å². The number of carbonyl (C=O) groups excluding carboxylic acids is 1. The number of amides is 1. The van der Waals surface area contributed by atoms with E-state index in [0.29, 0.717) is 26.2 Å². The number of ether oxygens (including phenoxy) is 3. The fourth-order valence-electron chi connectivity index (χ4n) is 4.15. The van der Waals surface area contributed by atoms with Crippen LogP contribution >= 0.6 is 0 Å². The molecular formula is C26H27N3O6. The summed E-state index contributed by atoms with van der Waals surface area (Å²) in [5.41, 5.74) is 2.19. The summed E-state index contributed by atoms with van der Waals surface area (Å²) in [6.07, 6.45) is -0.469. The zero-order chi connectivity index (χ0) is 24.8. The van der Waals surface area contributed by atoms with E-state index in [2.05, 4.69) is 29.2 Å². The summed E-state index contributed by atoms with van der Waals surface area (Å²) >= 11 is 0. The second kappa shape index (κ2) is 10.9. The first-order valence-electron chi connectivity index (χ1n) is 11.2. The van der Waals surface area contributed by atoms with Gasteiger partial charge < -0.3 is 19.1 Å². The van der Waals surface area contributed by atoms with Crippen LogP contribution in [0.25, 0.3) is 0 Å². The second-order valence-corrected chi connectivity index (χ2v) is 8.09. The molecule has 4 rings (SSSR count). The predicted octanol–water partition coefficient (Wildman–Crippen LogP) is 4.52. The summed E-state index contributed by atoms with van der Waals surface area (Å²) in [6, 6.07) is 21.5. The quantitative estimate of drug-likeness (QED) is 0.365. The van der Waals surface area contributed by atoms with Crippen LogP contribution in [0, 0.1) is 10.1 Å². The molecule has 9 heteroatoms. The fraction of sp³-hybridized carbons (Fsp3) is 0.269. The lowest BCUT2D eigenvalue weighted by atomic mass is 9.96. The lowest BCUT2D eigenvalue weighted by molar-refractivity contribution is -0.384. The van der Waals surface area contributed by atoms with E-state index in [1.54, 1.807) is 19.1 Å². The van der Waals surface area contributed by atoms with E-state index < -0.39 is 11.0 Å². The molecule has 1 heterocycles. The topological polar surface area (TPSA) is 94.4 Å². The smallest absolute Gasteiger partial charge is 0.415 e. The summed E-state index contributed by atoms with van der Waals surface area (Å²) in [5.74, 6) is 1.86. The fourth-order valence-corrected chi connectivity index (χ4v) is 4.15. The highest BCUT2D eigenvalue weighted by atomic mass is 16.6. The number of methoxy groups -OCH3 is 2. The molecule has 0 radical (unpaired) electrons. The SMILES string of the molecule is COc1ccc(C(c2ccc(OC)cc2)N2CCN(C(=O)Oc3ccc([N+](=O)[O-])cc3)CC2)cc1. The van der Waals surface area contributed by atoms with Crippen molar-refractivity contribution in [1.29, 1.82) is 0 Å². The molecule has 9 nitrogen and oxygen atoms in total. The average Bonchev–Trinajstić information content (AvgIpc) is 2.90. The Labute approximate surface area is 203 Å². The van der Waals surface area contributed by atoms with E-state index in [1.807, 2.05) is 24.3 Å². The highest BCUT2D eigenvalue weighted by molar-refractivity contribution is 5.71. The third kappa shape index (κ3) is 5.70. The molecular weight excluding hydrogens is 450 g/mol. The molecule has 1 amide bonds. The van der Waals surface area contributed by atoms with Gasteiger partial charge in [0.15, 0.2) is 0 Å². The molecule has 0 atom stereocenters. The van der Waals surface area contributed by atoms with E-state index >= 15 is 0 Å². The van der Waals surface area contributed by atoms with Crippen molar-refractivity contribution >= 4 is 11.8 Å². The van der Waals surface area contributed by atoms with Crippen molar-refractivity contribution in [2.75, 3.05) is 40.4 Å². The third-order valence-electron chi connectivity index (χ3n) is 6.05. The highest BCUT2D eigenvalue weighted by Crippen LogP contribution is 2.32. The summed E-state index contributed by atoms with van der Waals surface area (Å²) in [6.45, 7) is 2.29. The summed E-state index contributed by atoms with van der Waals surface area (Å²) < 4.78 is 16.1. The molecule has 0 bridgehead atoms. The highest BCUT2D eigenvalue weighted by Gasteiger charge is 2.29. The molecule has 0 spiro atoms. The molecule has 1 aliphatic heterocycles. The van der Waals surface area contributed by atoms with Gasteiger partial charge in [-0.1, -0.05) is 24.3 Å². The first kappa shape index (κ1) is 24.0. The van der Waals surface area contributed by atoms with Crippen LogP contribution in [0.15, 0.2) is 72.8 Å². The largest absolute Gasteiger partial charge is 0.497 e. The second-order valence-electron chi connectivity index (χ2n) is 8.09. The van der Waals surface area contributed by atoms with Crippen LogP contribution in [0.1, 0.15) is 17.2 Å². The third-order valence-corrected chi connectivity index (χ3v) is 6.05. The van der Waals surface area contributed by atoms with Crippen molar-refractivity contribution in [2.45, 2.75) is 6.04 Å². The van der Waals surface area contributed by atoms with Crippen LogP contribution in [0.4, 0.5) is 10.5 Å². The van der Waals surface area contributed by atoms with Crippen LogP contribution in [0.5, 0.6) is 17.2 Å². The summed E-state index contributed by atoms with van der Waals surface area (Å²) in [7, 11) is 3.29. The number of nitro groups is 1. The first-order valence-corrected chi connectivity index (χ1v) is 11.2. The van der Waals surface area contributed by atoms with E-state index in [-0.39, 0.29) is 17.5 Å². The number of nitrogens with zero attached hydrogens (tertiary/aromatic N) is 3. The minimum absolute atomic E-state index is 0.000319. The number of piperazine rings is 1. The Bertz CT molecular complexity index is 1090. The van der Waals surface area contributed by atoms with E-state index in [4.69, 9.17) is 14.2 Å². The number of benzene rings is 3. The van der Waals surface area contributed by atoms with Gasteiger partial charge in [-0.25, -0.2) is 4.79 Å². The van der Waals surface area contributed by atoms with Crippen LogP contribution in [0.3, 0.4) is 0 Å². The van der Waals surface area contributed by atoms with Crippen LogP contribution in [-0.2, 0) is 0 Å². The van der Waals surface area contributed by atoms with Crippen molar-refractivity contribution in [3.05, 3.63) is 94.0 Å². The molecule has 1 saturated heterocycles. The maximum absolute atomic E-state index is 12.7. The van der Waals surface area contributed by atoms with Crippen molar-refractivity contribution in [1.82, 2.24) is 9.80 Å². The van der Waals surface area contributed by atoms with Gasteiger partial charge in [-0.05, 0) is 47.5 Å². The van der Waals surface area contributed by atoms with Gasteiger partial charge in [0.05, 0.1) is 25.2 Å². The molecule has 1 fully saturated rings. The maximum Gasteiger partial charge on any atom is 0.415 e. The van der Waals surface area contributed by atoms with Gasteiger partial charge in [0.25, 0.3) is 5.69 Å². The lowest BCUT2D eigenvalue weighted by Crippen LogP contribution is -2.50. The van der Waals surface area contributed by atoms with Gasteiger partial charge in [-0.15, -0.1) is 0 Å². The molecule has 0 unspecified atom stereocenters. The standard InChI is InChI=1S/C26H27N3O6/c1-33-22-9-3-19(4-10-22)25(20-5-11-23(34-2)12-6-20)27-15-17-28(18-16-27)26(30)35-24-13-7-21(8-14-24)29(31)32/h3-14,25H,15-18H2,1-2H3. The number of carbonyl (C=O) groups is 1. The Morgan fingerprint density at radius 3 is 1.66 bits per heavy atom. The minimum atomic E-state index is -0.493. The van der Waals surface area contributed by atoms with Crippen LogP contribution in [-0.4, -0.2) is 61.2 Å². The van der Waals surface area contributed by atoms with Gasteiger partial charge >= 0.3 is 6.09 Å². The summed E-state index contributed by atoms with van der Waals surface area (Å²) in [4.78, 5) is 27.0. The molecule has 182 valence electrons. The van der Waals surface area contributed by atoms with E-state index in [9.17, 15) is 14.9 Å². The van der Waals surface area contributed by atoms with E-state index in [0.717, 1.165) is 22.6 Å². The van der Waals surface area contributed by atoms with Gasteiger partial charge in [0, 0.05) is 38.3 Å². The molecule has 0 saturated carbocycles. The lowest BCUT2D eigenvalue weighted by Gasteiger charge is -2.39. The maximum atomic E-state index is 12.7. The first-order chi connectivity index (χ1) is 17.0. The molecule has 3 aromatic rings. The number of nitro benzene ring substituents is 1. The zero-order valence-electron chi connectivity index (χ0n) is 19.6. The average molecular weight is 478 g/mol.